The first-order valence-corrected chi connectivity index (χ1v) is 14.4. The molecule has 0 radical (unpaired) electrons. The van der Waals surface area contributed by atoms with Crippen molar-refractivity contribution in [2.24, 2.45) is 0 Å². The second-order valence-electron chi connectivity index (χ2n) is 9.90. The van der Waals surface area contributed by atoms with Crippen LogP contribution in [0.2, 0.25) is 0 Å². The minimum atomic E-state index is -4.24. The van der Waals surface area contributed by atoms with E-state index >= 15 is 0 Å². The van der Waals surface area contributed by atoms with Crippen molar-refractivity contribution in [2.75, 3.05) is 10.8 Å². The molecule has 0 aliphatic heterocycles. The van der Waals surface area contributed by atoms with Crippen molar-refractivity contribution in [2.45, 2.75) is 64.6 Å². The number of benzene rings is 3. The van der Waals surface area contributed by atoms with Gasteiger partial charge in [-0.05, 0) is 76.1 Å². The summed E-state index contributed by atoms with van der Waals surface area (Å²) in [6.07, 6.45) is 0.339. The smallest absolute Gasteiger partial charge is 0.264 e. The van der Waals surface area contributed by atoms with Gasteiger partial charge in [-0.3, -0.25) is 13.9 Å². The van der Waals surface area contributed by atoms with Crippen molar-refractivity contribution in [3.63, 3.8) is 0 Å². The van der Waals surface area contributed by atoms with Gasteiger partial charge in [0.05, 0.1) is 10.6 Å². The average Bonchev–Trinajstić information content (AvgIpc) is 2.88. The molecular weight excluding hydrogens is 517 g/mol. The Labute approximate surface area is 230 Å². The number of sulfonamides is 1. The molecule has 0 aliphatic carbocycles. The number of halogens is 1. The Morgan fingerprint density at radius 1 is 0.872 bits per heavy atom. The first-order valence-electron chi connectivity index (χ1n) is 12.9. The monoisotopic (exact) mass is 553 g/mol. The molecule has 3 aromatic rings. The number of aryl methyl sites for hydroxylation is 2. The van der Waals surface area contributed by atoms with Crippen LogP contribution < -0.4 is 9.62 Å². The number of carbonyl (C=O) groups excluding carboxylic acids is 2. The predicted octanol–water partition coefficient (Wildman–Crippen LogP) is 4.97. The Hall–Kier alpha value is -3.72. The summed E-state index contributed by atoms with van der Waals surface area (Å²) in [5.74, 6) is -1.41. The molecule has 0 unspecified atom stereocenters. The summed E-state index contributed by atoms with van der Waals surface area (Å²) in [4.78, 5) is 28.4. The van der Waals surface area contributed by atoms with Gasteiger partial charge in [0, 0.05) is 12.6 Å². The molecule has 0 saturated heterocycles. The number of amides is 2. The van der Waals surface area contributed by atoms with Gasteiger partial charge in [0.15, 0.2) is 0 Å². The van der Waals surface area contributed by atoms with Gasteiger partial charge in [0.25, 0.3) is 10.0 Å². The number of nitrogens with one attached hydrogen (secondary N) is 1. The summed E-state index contributed by atoms with van der Waals surface area (Å²) in [7, 11) is -4.24. The van der Waals surface area contributed by atoms with Crippen LogP contribution in [0.25, 0.3) is 0 Å². The summed E-state index contributed by atoms with van der Waals surface area (Å²) in [5.41, 5.74) is 3.07. The lowest BCUT2D eigenvalue weighted by Crippen LogP contribution is -2.53. The van der Waals surface area contributed by atoms with Gasteiger partial charge >= 0.3 is 0 Å². The Bertz CT molecular complexity index is 1370. The molecule has 3 aromatic carbocycles. The molecule has 0 bridgehead atoms. The van der Waals surface area contributed by atoms with Gasteiger partial charge in [0.1, 0.15) is 18.4 Å². The molecule has 3 rings (SSSR count). The fourth-order valence-corrected chi connectivity index (χ4v) is 5.58. The molecule has 0 spiro atoms. The van der Waals surface area contributed by atoms with Crippen LogP contribution >= 0.6 is 0 Å². The summed E-state index contributed by atoms with van der Waals surface area (Å²) in [6, 6.07) is 17.9. The van der Waals surface area contributed by atoms with Gasteiger partial charge in [-0.1, -0.05) is 54.4 Å². The molecule has 0 saturated carbocycles. The van der Waals surface area contributed by atoms with E-state index in [0.29, 0.717) is 6.42 Å². The lowest BCUT2D eigenvalue weighted by Gasteiger charge is -2.33. The molecule has 1 atom stereocenters. The van der Waals surface area contributed by atoms with Crippen LogP contribution in [0.15, 0.2) is 77.7 Å². The van der Waals surface area contributed by atoms with Crippen LogP contribution in [0.1, 0.15) is 43.9 Å². The number of carbonyl (C=O) groups is 2. The van der Waals surface area contributed by atoms with E-state index in [4.69, 9.17) is 0 Å². The maximum absolute atomic E-state index is 14.0. The maximum atomic E-state index is 14.0. The third-order valence-electron chi connectivity index (χ3n) is 6.29. The minimum Gasteiger partial charge on any atom is -0.352 e. The van der Waals surface area contributed by atoms with Crippen molar-refractivity contribution in [3.8, 4) is 0 Å². The predicted molar refractivity (Wildman–Crippen MR) is 151 cm³/mol. The second kappa shape index (κ2) is 12.9. The van der Waals surface area contributed by atoms with Crippen molar-refractivity contribution in [3.05, 3.63) is 95.3 Å². The van der Waals surface area contributed by atoms with Crippen molar-refractivity contribution < 1.29 is 22.4 Å². The molecule has 39 heavy (non-hydrogen) atoms. The van der Waals surface area contributed by atoms with E-state index in [0.717, 1.165) is 33.1 Å². The quantitative estimate of drug-likeness (QED) is 0.363. The molecule has 0 aromatic heterocycles. The number of hydrogen-bond acceptors (Lipinski definition) is 4. The Morgan fingerprint density at radius 3 is 1.92 bits per heavy atom. The fraction of sp³-hybridized carbons (Fsp3) is 0.333. The van der Waals surface area contributed by atoms with Crippen molar-refractivity contribution in [1.29, 1.82) is 0 Å². The van der Waals surface area contributed by atoms with Gasteiger partial charge in [0.2, 0.25) is 11.8 Å². The Kier molecular flexibility index (Phi) is 9.86. The normalized spacial score (nSPS) is 12.2. The van der Waals surface area contributed by atoms with Gasteiger partial charge in [-0.15, -0.1) is 0 Å². The highest BCUT2D eigenvalue weighted by atomic mass is 32.2. The summed E-state index contributed by atoms with van der Waals surface area (Å²) in [5, 5.41) is 2.88. The van der Waals surface area contributed by atoms with E-state index in [-0.39, 0.29) is 29.1 Å². The van der Waals surface area contributed by atoms with E-state index in [2.05, 4.69) is 5.32 Å². The number of anilines is 1. The lowest BCUT2D eigenvalue weighted by molar-refractivity contribution is -0.140. The molecule has 0 heterocycles. The summed E-state index contributed by atoms with van der Waals surface area (Å²) in [6.45, 7) is 8.90. The van der Waals surface area contributed by atoms with Gasteiger partial charge in [-0.2, -0.15) is 0 Å². The lowest BCUT2D eigenvalue weighted by atomic mass is 10.1. The zero-order valence-corrected chi connectivity index (χ0v) is 23.8. The molecule has 0 fully saturated rings. The molecule has 1 N–H and O–H groups in total. The first-order chi connectivity index (χ1) is 18.4. The molecule has 9 heteroatoms. The standard InChI is InChI=1S/C30H36FN3O4S/c1-6-28(30(36)32-21(2)3)33(19-24-11-7-22(4)8-12-24)29(35)20-34(26-15-9-23(5)10-16-26)39(37,38)27-17-13-25(31)14-18-27/h7-18,21,28H,6,19-20H2,1-5H3,(H,32,36)/t28-/m1/s1. The molecule has 208 valence electrons. The van der Waals surface area contributed by atoms with Gasteiger partial charge < -0.3 is 10.2 Å². The summed E-state index contributed by atoms with van der Waals surface area (Å²) >= 11 is 0. The number of hydrogen-bond donors (Lipinski definition) is 1. The third kappa shape index (κ3) is 7.66. The molecular formula is C30H36FN3O4S. The number of nitrogens with zero attached hydrogens (tertiary/aromatic N) is 2. The van der Waals surface area contributed by atoms with E-state index < -0.39 is 34.3 Å². The zero-order valence-electron chi connectivity index (χ0n) is 23.0. The third-order valence-corrected chi connectivity index (χ3v) is 8.08. The van der Waals surface area contributed by atoms with E-state index in [1.165, 1.54) is 17.0 Å². The summed E-state index contributed by atoms with van der Waals surface area (Å²) < 4.78 is 42.1. The highest BCUT2D eigenvalue weighted by Gasteiger charge is 2.33. The van der Waals surface area contributed by atoms with E-state index in [1.54, 1.807) is 24.3 Å². The van der Waals surface area contributed by atoms with Crippen LogP contribution in [-0.4, -0.2) is 43.8 Å². The highest BCUT2D eigenvalue weighted by molar-refractivity contribution is 7.92. The topological polar surface area (TPSA) is 86.8 Å². The van der Waals surface area contributed by atoms with Gasteiger partial charge in [-0.25, -0.2) is 12.8 Å². The Morgan fingerprint density at radius 2 is 1.41 bits per heavy atom. The highest BCUT2D eigenvalue weighted by Crippen LogP contribution is 2.25. The minimum absolute atomic E-state index is 0.126. The van der Waals surface area contributed by atoms with Crippen molar-refractivity contribution in [1.82, 2.24) is 10.2 Å². The van der Waals surface area contributed by atoms with Crippen LogP contribution in [0.3, 0.4) is 0 Å². The van der Waals surface area contributed by atoms with Crippen LogP contribution in [0.4, 0.5) is 10.1 Å². The van der Waals surface area contributed by atoms with E-state index in [1.807, 2.05) is 58.9 Å². The van der Waals surface area contributed by atoms with Crippen LogP contribution in [-0.2, 0) is 26.2 Å². The van der Waals surface area contributed by atoms with E-state index in [9.17, 15) is 22.4 Å². The van der Waals surface area contributed by atoms with Crippen LogP contribution in [0.5, 0.6) is 0 Å². The van der Waals surface area contributed by atoms with Crippen molar-refractivity contribution >= 4 is 27.5 Å². The molecule has 2 amide bonds. The maximum Gasteiger partial charge on any atom is 0.264 e. The second-order valence-corrected chi connectivity index (χ2v) is 11.8. The number of rotatable bonds is 11. The molecule has 0 aliphatic rings. The first kappa shape index (κ1) is 29.8. The van der Waals surface area contributed by atoms with Crippen LogP contribution in [0, 0.1) is 19.7 Å². The Balaban J connectivity index is 2.05. The fourth-order valence-electron chi connectivity index (χ4n) is 4.16. The average molecular weight is 554 g/mol. The largest absolute Gasteiger partial charge is 0.352 e. The zero-order chi connectivity index (χ0) is 28.7. The SMILES string of the molecule is CC[C@H](C(=O)NC(C)C)N(Cc1ccc(C)cc1)C(=O)CN(c1ccc(C)cc1)S(=O)(=O)c1ccc(F)cc1. The molecule has 7 nitrogen and oxygen atoms in total.